The highest BCUT2D eigenvalue weighted by molar-refractivity contribution is 14.1. The largest absolute Gasteiger partial charge is 0.440 e. The molecule has 0 saturated heterocycles. The predicted octanol–water partition coefficient (Wildman–Crippen LogP) is 3.88. The van der Waals surface area contributed by atoms with Crippen LogP contribution in [0.2, 0.25) is 0 Å². The van der Waals surface area contributed by atoms with Crippen molar-refractivity contribution in [3.63, 3.8) is 0 Å². The van der Waals surface area contributed by atoms with Crippen LogP contribution in [0.1, 0.15) is 15.9 Å². The minimum Gasteiger partial charge on any atom is -0.440 e. The van der Waals surface area contributed by atoms with Crippen molar-refractivity contribution in [3.05, 3.63) is 50.9 Å². The van der Waals surface area contributed by atoms with Crippen LogP contribution in [-0.4, -0.2) is 16.1 Å². The second-order valence-electron chi connectivity index (χ2n) is 4.93. The average molecular weight is 445 g/mol. The lowest BCUT2D eigenvalue weighted by molar-refractivity contribution is 0.0708. The molecule has 6 nitrogen and oxygen atoms in total. The first-order valence-corrected chi connectivity index (χ1v) is 7.73. The normalized spacial score (nSPS) is 10.9. The SMILES string of the molecule is Cc1cc(I)ccc1Nc1c(F)c(F)c2ocnc2c1C(=O)NO. The molecule has 0 fully saturated rings. The lowest BCUT2D eigenvalue weighted by atomic mass is 10.1. The van der Waals surface area contributed by atoms with E-state index in [0.717, 1.165) is 15.5 Å². The molecule has 0 saturated carbocycles. The molecule has 0 unspecified atom stereocenters. The maximum absolute atomic E-state index is 14.5. The first-order valence-electron chi connectivity index (χ1n) is 6.65. The molecule has 3 N–H and O–H groups in total. The Hall–Kier alpha value is -2.27. The van der Waals surface area contributed by atoms with Crippen molar-refractivity contribution in [1.29, 1.82) is 0 Å². The predicted molar refractivity (Wildman–Crippen MR) is 90.4 cm³/mol. The van der Waals surface area contributed by atoms with E-state index in [0.29, 0.717) is 5.69 Å². The number of carbonyl (C=O) groups excluding carboxylic acids is 1. The Morgan fingerprint density at radius 3 is 2.75 bits per heavy atom. The zero-order valence-electron chi connectivity index (χ0n) is 12.2. The molecule has 2 aromatic carbocycles. The molecule has 1 aromatic heterocycles. The quantitative estimate of drug-likeness (QED) is 0.324. The summed E-state index contributed by atoms with van der Waals surface area (Å²) in [6.07, 6.45) is 0.890. The van der Waals surface area contributed by atoms with E-state index in [-0.39, 0.29) is 11.1 Å². The van der Waals surface area contributed by atoms with Crippen LogP contribution >= 0.6 is 22.6 Å². The third-order valence-electron chi connectivity index (χ3n) is 3.44. The average Bonchev–Trinajstić information content (AvgIpc) is 3.03. The summed E-state index contributed by atoms with van der Waals surface area (Å²) in [5.74, 6) is -3.63. The van der Waals surface area contributed by atoms with Crippen LogP contribution in [0.15, 0.2) is 29.0 Å². The number of hydrogen-bond acceptors (Lipinski definition) is 5. The molecular weight excluding hydrogens is 435 g/mol. The summed E-state index contributed by atoms with van der Waals surface area (Å²) in [5, 5.41) is 11.6. The van der Waals surface area contributed by atoms with Gasteiger partial charge in [-0.25, -0.2) is 14.9 Å². The summed E-state index contributed by atoms with van der Waals surface area (Å²) >= 11 is 2.12. The number of benzene rings is 2. The van der Waals surface area contributed by atoms with Crippen molar-refractivity contribution >= 4 is 51.0 Å². The van der Waals surface area contributed by atoms with Gasteiger partial charge in [0.2, 0.25) is 5.82 Å². The molecule has 1 amide bonds. The number of rotatable bonds is 3. The number of nitrogens with zero attached hydrogens (tertiary/aromatic N) is 1. The smallest absolute Gasteiger partial charge is 0.279 e. The van der Waals surface area contributed by atoms with Gasteiger partial charge < -0.3 is 9.73 Å². The van der Waals surface area contributed by atoms with Crippen molar-refractivity contribution in [3.8, 4) is 0 Å². The maximum atomic E-state index is 14.5. The molecule has 1 heterocycles. The van der Waals surface area contributed by atoms with E-state index < -0.39 is 28.8 Å². The van der Waals surface area contributed by atoms with Gasteiger partial charge in [0, 0.05) is 9.26 Å². The number of hydroxylamine groups is 1. The van der Waals surface area contributed by atoms with Gasteiger partial charge >= 0.3 is 0 Å². The molecule has 9 heteroatoms. The highest BCUT2D eigenvalue weighted by Gasteiger charge is 2.27. The van der Waals surface area contributed by atoms with Gasteiger partial charge in [-0.1, -0.05) is 0 Å². The molecule has 0 radical (unpaired) electrons. The topological polar surface area (TPSA) is 87.4 Å². The Kier molecular flexibility index (Phi) is 4.37. The Labute approximate surface area is 148 Å². The zero-order chi connectivity index (χ0) is 17.4. The molecule has 24 heavy (non-hydrogen) atoms. The van der Waals surface area contributed by atoms with Gasteiger partial charge in [0.1, 0.15) is 5.52 Å². The van der Waals surface area contributed by atoms with Crippen LogP contribution in [0.3, 0.4) is 0 Å². The van der Waals surface area contributed by atoms with Crippen LogP contribution in [0.25, 0.3) is 11.1 Å². The van der Waals surface area contributed by atoms with Gasteiger partial charge in [-0.05, 0) is 53.3 Å². The van der Waals surface area contributed by atoms with E-state index in [9.17, 15) is 13.6 Å². The molecular formula is C15H10F2IN3O3. The molecule has 3 aromatic rings. The number of fused-ring (bicyclic) bond motifs is 1. The number of aromatic nitrogens is 1. The number of anilines is 2. The summed E-state index contributed by atoms with van der Waals surface area (Å²) in [6, 6.07) is 5.27. The Balaban J connectivity index is 2.25. The second kappa shape index (κ2) is 6.32. The van der Waals surface area contributed by atoms with Gasteiger partial charge in [0.15, 0.2) is 17.8 Å². The van der Waals surface area contributed by atoms with Gasteiger partial charge in [-0.15, -0.1) is 0 Å². The third kappa shape index (κ3) is 2.69. The number of oxazole rings is 1. The summed E-state index contributed by atoms with van der Waals surface area (Å²) in [7, 11) is 0. The number of halogens is 3. The first-order chi connectivity index (χ1) is 11.4. The van der Waals surface area contributed by atoms with Crippen molar-refractivity contribution in [2.45, 2.75) is 6.92 Å². The van der Waals surface area contributed by atoms with E-state index >= 15 is 0 Å². The van der Waals surface area contributed by atoms with Gasteiger partial charge in [-0.3, -0.25) is 10.0 Å². The summed E-state index contributed by atoms with van der Waals surface area (Å²) in [6.45, 7) is 1.78. The number of nitrogens with one attached hydrogen (secondary N) is 2. The van der Waals surface area contributed by atoms with Crippen molar-refractivity contribution in [2.24, 2.45) is 0 Å². The summed E-state index contributed by atoms with van der Waals surface area (Å²) < 4.78 is 34.4. The number of amides is 1. The van der Waals surface area contributed by atoms with Crippen LogP contribution < -0.4 is 10.8 Å². The Morgan fingerprint density at radius 1 is 1.33 bits per heavy atom. The zero-order valence-corrected chi connectivity index (χ0v) is 14.3. The van der Waals surface area contributed by atoms with Crippen LogP contribution in [0, 0.1) is 22.1 Å². The van der Waals surface area contributed by atoms with E-state index in [2.05, 4.69) is 32.9 Å². The van der Waals surface area contributed by atoms with Crippen molar-refractivity contribution in [1.82, 2.24) is 10.5 Å². The highest BCUT2D eigenvalue weighted by Crippen LogP contribution is 2.34. The van der Waals surface area contributed by atoms with E-state index in [1.807, 2.05) is 6.07 Å². The molecule has 0 bridgehead atoms. The molecule has 124 valence electrons. The lowest BCUT2D eigenvalue weighted by Crippen LogP contribution is -2.21. The lowest BCUT2D eigenvalue weighted by Gasteiger charge is -2.15. The Bertz CT molecular complexity index is 959. The minimum absolute atomic E-state index is 0.203. The second-order valence-corrected chi connectivity index (χ2v) is 6.18. The molecule has 0 aliphatic heterocycles. The summed E-state index contributed by atoms with van der Waals surface area (Å²) in [4.78, 5) is 15.7. The van der Waals surface area contributed by atoms with E-state index in [1.165, 1.54) is 5.48 Å². The van der Waals surface area contributed by atoms with E-state index in [1.54, 1.807) is 19.1 Å². The molecule has 0 aliphatic rings. The fraction of sp³-hybridized carbons (Fsp3) is 0.0667. The van der Waals surface area contributed by atoms with Gasteiger partial charge in [0.25, 0.3) is 5.91 Å². The van der Waals surface area contributed by atoms with Crippen LogP contribution in [-0.2, 0) is 0 Å². The molecule has 0 atom stereocenters. The van der Waals surface area contributed by atoms with Crippen LogP contribution in [0.5, 0.6) is 0 Å². The third-order valence-corrected chi connectivity index (χ3v) is 4.11. The number of aryl methyl sites for hydroxylation is 1. The highest BCUT2D eigenvalue weighted by atomic mass is 127. The van der Waals surface area contributed by atoms with Gasteiger partial charge in [0.05, 0.1) is 11.3 Å². The van der Waals surface area contributed by atoms with Crippen molar-refractivity contribution in [2.75, 3.05) is 5.32 Å². The van der Waals surface area contributed by atoms with E-state index in [4.69, 9.17) is 9.62 Å². The summed E-state index contributed by atoms with van der Waals surface area (Å²) in [5.41, 5.74) is 1.14. The maximum Gasteiger partial charge on any atom is 0.279 e. The fourth-order valence-corrected chi connectivity index (χ4v) is 2.96. The monoisotopic (exact) mass is 445 g/mol. The molecule has 0 spiro atoms. The molecule has 0 aliphatic carbocycles. The minimum atomic E-state index is -1.31. The fourth-order valence-electron chi connectivity index (χ4n) is 2.31. The van der Waals surface area contributed by atoms with Gasteiger partial charge in [-0.2, -0.15) is 4.39 Å². The van der Waals surface area contributed by atoms with Crippen LogP contribution in [0.4, 0.5) is 20.2 Å². The number of hydrogen-bond donors (Lipinski definition) is 3. The Morgan fingerprint density at radius 2 is 2.08 bits per heavy atom. The number of carbonyl (C=O) groups is 1. The standard InChI is InChI=1S/C15H10F2IN3O3/c1-6-4-7(18)2-3-8(6)20-12-9(15(22)21-23)13-14(24-5-19-13)11(17)10(12)16/h2-5,20,23H,1H3,(H,21,22). The van der Waals surface area contributed by atoms with Crippen molar-refractivity contribution < 1.29 is 23.2 Å². The first kappa shape index (κ1) is 16.6. The molecule has 3 rings (SSSR count).